The molecule has 4 rings (SSSR count). The summed E-state index contributed by atoms with van der Waals surface area (Å²) in [6.45, 7) is 1.79. The second-order valence-corrected chi connectivity index (χ2v) is 8.69. The minimum Gasteiger partial charge on any atom is -0.363 e. The summed E-state index contributed by atoms with van der Waals surface area (Å²) in [7, 11) is 0. The van der Waals surface area contributed by atoms with E-state index >= 15 is 0 Å². The Labute approximate surface area is 183 Å². The number of nitrogens with one attached hydrogen (secondary N) is 2. The van der Waals surface area contributed by atoms with E-state index in [1.165, 1.54) is 0 Å². The molecule has 0 saturated heterocycles. The molecule has 2 heterocycles. The van der Waals surface area contributed by atoms with E-state index in [-0.39, 0.29) is 17.8 Å². The van der Waals surface area contributed by atoms with Crippen LogP contribution in [0, 0.1) is 5.41 Å². The fourth-order valence-electron chi connectivity index (χ4n) is 4.44. The molecule has 0 radical (unpaired) electrons. The van der Waals surface area contributed by atoms with Gasteiger partial charge in [0.1, 0.15) is 11.4 Å². The zero-order chi connectivity index (χ0) is 22.9. The Morgan fingerprint density at radius 3 is 2.53 bits per heavy atom. The van der Waals surface area contributed by atoms with Crippen molar-refractivity contribution in [2.45, 2.75) is 63.7 Å². The molecule has 1 aromatic carbocycles. The highest BCUT2D eigenvalue weighted by atomic mass is 19.4. The molecule has 1 fully saturated rings. The van der Waals surface area contributed by atoms with E-state index in [1.807, 2.05) is 0 Å². The number of nitrogens with zero attached hydrogens (tertiary/aromatic N) is 2. The third-order valence-corrected chi connectivity index (χ3v) is 6.37. The van der Waals surface area contributed by atoms with Crippen molar-refractivity contribution < 1.29 is 27.6 Å². The minimum absolute atomic E-state index is 0.0649. The number of fused-ring (bicyclic) bond motifs is 1. The number of carbonyl (C=O) groups is 2. The number of halogens is 3. The van der Waals surface area contributed by atoms with Crippen LogP contribution in [0.5, 0.6) is 0 Å². The van der Waals surface area contributed by atoms with Gasteiger partial charge in [-0.05, 0) is 25.3 Å². The maximum absolute atomic E-state index is 13.8. The Morgan fingerprint density at radius 1 is 1.19 bits per heavy atom. The van der Waals surface area contributed by atoms with E-state index in [2.05, 4.69) is 15.9 Å². The van der Waals surface area contributed by atoms with Crippen LogP contribution in [0.2, 0.25) is 0 Å². The van der Waals surface area contributed by atoms with Crippen LogP contribution >= 0.6 is 0 Å². The largest absolute Gasteiger partial charge is 0.410 e. The number of benzene rings is 1. The zero-order valence-corrected chi connectivity index (χ0v) is 17.6. The van der Waals surface area contributed by atoms with Gasteiger partial charge in [0, 0.05) is 6.42 Å². The van der Waals surface area contributed by atoms with E-state index < -0.39 is 35.6 Å². The lowest BCUT2D eigenvalue weighted by molar-refractivity contribution is -0.173. The average Bonchev–Trinajstić information content (AvgIpc) is 3.21. The molecule has 2 atom stereocenters. The maximum atomic E-state index is 13.8. The molecule has 0 spiro atoms. The lowest BCUT2D eigenvalue weighted by Gasteiger charge is -2.34. The fourth-order valence-corrected chi connectivity index (χ4v) is 4.44. The first-order chi connectivity index (χ1) is 15.2. The summed E-state index contributed by atoms with van der Waals surface area (Å²) in [4.78, 5) is 30.2. The number of aromatic nitrogens is 2. The number of rotatable bonds is 3. The minimum atomic E-state index is -4.55. The molecule has 1 saturated carbocycles. The molecular weight excluding hydrogens is 425 g/mol. The summed E-state index contributed by atoms with van der Waals surface area (Å²) in [5.41, 5.74) is 1.96. The highest BCUT2D eigenvalue weighted by Crippen LogP contribution is 2.44. The number of amides is 1. The van der Waals surface area contributed by atoms with E-state index in [1.54, 1.807) is 37.3 Å². The van der Waals surface area contributed by atoms with Gasteiger partial charge in [-0.2, -0.15) is 23.8 Å². The molecule has 2 aliphatic rings. The van der Waals surface area contributed by atoms with Crippen LogP contribution in [0.25, 0.3) is 0 Å². The lowest BCUT2D eigenvalue weighted by Crippen LogP contribution is -2.38. The van der Waals surface area contributed by atoms with E-state index in [4.69, 9.17) is 4.84 Å². The summed E-state index contributed by atoms with van der Waals surface area (Å²) >= 11 is 0. The molecule has 2 unspecified atom stereocenters. The number of hydroxylamine groups is 1. The molecule has 1 amide bonds. The van der Waals surface area contributed by atoms with Gasteiger partial charge in [-0.1, -0.05) is 49.6 Å². The van der Waals surface area contributed by atoms with Crippen LogP contribution < -0.4 is 10.8 Å². The average molecular weight is 450 g/mol. The van der Waals surface area contributed by atoms with Crippen LogP contribution in [0.3, 0.4) is 0 Å². The van der Waals surface area contributed by atoms with Crippen LogP contribution in [-0.2, 0) is 9.63 Å². The molecule has 1 aliphatic carbocycles. The Balaban J connectivity index is 1.54. The molecule has 1 aromatic heterocycles. The van der Waals surface area contributed by atoms with Crippen LogP contribution in [-0.4, -0.2) is 27.8 Å². The zero-order valence-electron chi connectivity index (χ0n) is 17.6. The van der Waals surface area contributed by atoms with Crippen LogP contribution in [0.15, 0.2) is 36.5 Å². The van der Waals surface area contributed by atoms with Gasteiger partial charge in [0.05, 0.1) is 17.7 Å². The van der Waals surface area contributed by atoms with E-state index in [0.717, 1.165) is 30.1 Å². The summed E-state index contributed by atoms with van der Waals surface area (Å²) in [5.74, 6) is -1.44. The van der Waals surface area contributed by atoms with Gasteiger partial charge in [-0.25, -0.2) is 9.48 Å². The molecule has 7 nitrogen and oxygen atoms in total. The van der Waals surface area contributed by atoms with Crippen molar-refractivity contribution in [1.29, 1.82) is 0 Å². The molecule has 2 aromatic rings. The Hall–Kier alpha value is -3.04. The van der Waals surface area contributed by atoms with Crippen LogP contribution in [0.4, 0.5) is 19.0 Å². The number of hydrogen-bond acceptors (Lipinski definition) is 5. The fraction of sp³-hybridized carbons (Fsp3) is 0.500. The highest BCUT2D eigenvalue weighted by Gasteiger charge is 2.47. The number of carbonyl (C=O) groups excluding carboxylic acids is 2. The quantitative estimate of drug-likeness (QED) is 0.662. The van der Waals surface area contributed by atoms with Gasteiger partial charge < -0.3 is 10.2 Å². The third kappa shape index (κ3) is 4.31. The summed E-state index contributed by atoms with van der Waals surface area (Å²) < 4.78 is 42.1. The summed E-state index contributed by atoms with van der Waals surface area (Å²) in [6.07, 6.45) is 0.422. The smallest absolute Gasteiger partial charge is 0.363 e. The first-order valence-electron chi connectivity index (χ1n) is 10.7. The predicted molar refractivity (Wildman–Crippen MR) is 109 cm³/mol. The number of anilines is 1. The first-order valence-corrected chi connectivity index (χ1v) is 10.7. The van der Waals surface area contributed by atoms with Gasteiger partial charge >= 0.3 is 12.1 Å². The SMILES string of the molecule is CC1(C(=O)ONC(=O)c2cnn3c2NC(c2ccccc2)CC3C(F)(F)F)CCCCC1. The van der Waals surface area contributed by atoms with Crippen LogP contribution in [0.1, 0.15) is 73.5 Å². The van der Waals surface area contributed by atoms with Crippen molar-refractivity contribution in [1.82, 2.24) is 15.3 Å². The summed E-state index contributed by atoms with van der Waals surface area (Å²) in [5, 5.41) is 6.82. The lowest BCUT2D eigenvalue weighted by atomic mass is 9.76. The Kier molecular flexibility index (Phi) is 5.87. The van der Waals surface area contributed by atoms with Crippen molar-refractivity contribution >= 4 is 17.7 Å². The van der Waals surface area contributed by atoms with Crippen molar-refractivity contribution in [3.05, 3.63) is 47.7 Å². The van der Waals surface area contributed by atoms with Crippen molar-refractivity contribution in [2.24, 2.45) is 5.41 Å². The molecule has 172 valence electrons. The van der Waals surface area contributed by atoms with Gasteiger partial charge in [0.25, 0.3) is 5.91 Å². The normalized spacial score (nSPS) is 22.4. The van der Waals surface area contributed by atoms with Gasteiger partial charge in [0.15, 0.2) is 6.04 Å². The maximum Gasteiger partial charge on any atom is 0.410 e. The molecular formula is C22H25F3N4O3. The van der Waals surface area contributed by atoms with Crippen molar-refractivity contribution in [3.63, 3.8) is 0 Å². The van der Waals surface area contributed by atoms with Gasteiger partial charge in [-0.15, -0.1) is 0 Å². The summed E-state index contributed by atoms with van der Waals surface area (Å²) in [6, 6.07) is 6.15. The molecule has 0 bridgehead atoms. The second-order valence-electron chi connectivity index (χ2n) is 8.69. The molecule has 32 heavy (non-hydrogen) atoms. The van der Waals surface area contributed by atoms with Gasteiger partial charge in [-0.3, -0.25) is 4.79 Å². The Bertz CT molecular complexity index is 984. The third-order valence-electron chi connectivity index (χ3n) is 6.37. The number of hydrogen-bond donors (Lipinski definition) is 2. The standard InChI is InChI=1S/C22H25F3N4O3/c1-21(10-6-3-7-11-21)20(31)32-28-19(30)15-13-26-29-17(22(23,24)25)12-16(27-18(15)29)14-8-4-2-5-9-14/h2,4-5,8-9,13,16-17,27H,3,6-7,10-12H2,1H3,(H,28,30). The number of alkyl halides is 3. The van der Waals surface area contributed by atoms with Crippen molar-refractivity contribution in [3.8, 4) is 0 Å². The molecule has 1 aliphatic heterocycles. The predicted octanol–water partition coefficient (Wildman–Crippen LogP) is 4.70. The van der Waals surface area contributed by atoms with Crippen molar-refractivity contribution in [2.75, 3.05) is 5.32 Å². The van der Waals surface area contributed by atoms with Gasteiger partial charge in [0.2, 0.25) is 0 Å². The topological polar surface area (TPSA) is 85.2 Å². The van der Waals surface area contributed by atoms with E-state index in [0.29, 0.717) is 18.4 Å². The van der Waals surface area contributed by atoms with E-state index in [9.17, 15) is 22.8 Å². The second kappa shape index (κ2) is 8.48. The molecule has 10 heteroatoms. The Morgan fingerprint density at radius 2 is 1.88 bits per heavy atom. The highest BCUT2D eigenvalue weighted by molar-refractivity contribution is 5.99. The monoisotopic (exact) mass is 450 g/mol. The first kappa shape index (κ1) is 22.2. The molecule has 2 N–H and O–H groups in total.